The molecule has 0 aliphatic heterocycles. The molecule has 0 bridgehead atoms. The first-order valence-electron chi connectivity index (χ1n) is 25.3. The number of alkyl halides is 3. The van der Waals surface area contributed by atoms with Gasteiger partial charge in [-0.25, -0.2) is 27.3 Å². The fraction of sp³-hybridized carbons (Fsp3) is 0.218. The summed E-state index contributed by atoms with van der Waals surface area (Å²) in [7, 11) is 0. The Labute approximate surface area is 477 Å². The molecule has 0 radical (unpaired) electrons. The number of aromatic nitrogens is 6. The molecule has 0 spiro atoms. The van der Waals surface area contributed by atoms with Crippen molar-refractivity contribution in [3.63, 3.8) is 0 Å². The second-order valence-corrected chi connectivity index (χ2v) is 19.0. The van der Waals surface area contributed by atoms with E-state index < -0.39 is 129 Å². The molecule has 6 heterocycles. The van der Waals surface area contributed by atoms with E-state index in [2.05, 4.69) is 17.6 Å². The van der Waals surface area contributed by atoms with E-state index in [1.807, 2.05) is 5.32 Å². The molecule has 0 saturated carbocycles. The highest BCUT2D eigenvalue weighted by Crippen LogP contribution is 2.31. The lowest BCUT2D eigenvalue weighted by Crippen LogP contribution is -2.37. The van der Waals surface area contributed by atoms with Crippen molar-refractivity contribution in [2.45, 2.75) is 58.4 Å². The highest BCUT2D eigenvalue weighted by atomic mass is 35.5. The Bertz CT molecular complexity index is 4260. The third-order valence-electron chi connectivity index (χ3n) is 12.7. The van der Waals surface area contributed by atoms with Gasteiger partial charge >= 0.3 is 24.1 Å². The number of aryl methyl sites for hydroxylation is 1. The molecule has 0 aliphatic carbocycles. The van der Waals surface area contributed by atoms with Crippen LogP contribution in [-0.4, -0.2) is 113 Å². The third-order valence-corrected chi connectivity index (χ3v) is 12.9. The van der Waals surface area contributed by atoms with E-state index in [1.54, 1.807) is 18.3 Å². The topological polar surface area (TPSA) is 339 Å². The highest BCUT2D eigenvalue weighted by molar-refractivity contribution is 6.31. The number of rotatable bonds is 18. The van der Waals surface area contributed by atoms with Crippen LogP contribution in [0.2, 0.25) is 5.02 Å². The van der Waals surface area contributed by atoms with Gasteiger partial charge < -0.3 is 46.6 Å². The van der Waals surface area contributed by atoms with E-state index in [9.17, 15) is 80.4 Å². The highest BCUT2D eigenvalue weighted by Gasteiger charge is 2.31. The Kier molecular flexibility index (Phi) is 19.2. The van der Waals surface area contributed by atoms with Crippen molar-refractivity contribution >= 4 is 74.7 Å². The van der Waals surface area contributed by atoms with Crippen molar-refractivity contribution in [1.82, 2.24) is 43.5 Å². The monoisotopic (exact) mass is 1210 g/mol. The number of carboxylic acid groups (broad SMARTS) is 3. The first kappa shape index (κ1) is 62.2. The Morgan fingerprint density at radius 2 is 1.02 bits per heavy atom. The van der Waals surface area contributed by atoms with Crippen LogP contribution in [0.5, 0.6) is 17.2 Å². The number of fused-ring (bicyclic) bond motifs is 5. The summed E-state index contributed by atoms with van der Waals surface area (Å²) in [6, 6.07) is 19.1. The minimum absolute atomic E-state index is 0.0213. The number of halogens is 6. The van der Waals surface area contributed by atoms with Crippen LogP contribution in [0.4, 0.5) is 22.0 Å². The number of unbranched alkanes of at least 4 members (excludes halogenated alkanes) is 3. The van der Waals surface area contributed by atoms with Gasteiger partial charge in [0, 0.05) is 24.3 Å². The zero-order chi connectivity index (χ0) is 62.2. The van der Waals surface area contributed by atoms with Gasteiger partial charge in [-0.2, -0.15) is 13.2 Å². The molecular formula is C55H49ClF5N9O15. The number of carbonyl (C=O) groups is 6. The number of benzene rings is 3. The molecule has 3 aromatic carbocycles. The van der Waals surface area contributed by atoms with Crippen molar-refractivity contribution in [2.24, 2.45) is 0 Å². The fourth-order valence-electron chi connectivity index (χ4n) is 8.80. The normalized spacial score (nSPS) is 11.2. The van der Waals surface area contributed by atoms with E-state index in [-0.39, 0.29) is 29.1 Å². The molecule has 0 atom stereocenters. The van der Waals surface area contributed by atoms with Gasteiger partial charge in [0.25, 0.3) is 34.4 Å². The number of carboxylic acids is 3. The number of nitrogens with one attached hydrogen (secondary N) is 3. The lowest BCUT2D eigenvalue weighted by molar-refractivity contribution is -0.138. The molecular weight excluding hydrogens is 1160 g/mol. The van der Waals surface area contributed by atoms with Gasteiger partial charge in [-0.1, -0.05) is 62.1 Å². The maximum atomic E-state index is 13.7. The van der Waals surface area contributed by atoms with E-state index in [1.165, 1.54) is 86.6 Å². The van der Waals surface area contributed by atoms with Crippen LogP contribution in [0.15, 0.2) is 118 Å². The average Bonchev–Trinajstić information content (AvgIpc) is 1.75. The van der Waals surface area contributed by atoms with Gasteiger partial charge in [-0.3, -0.25) is 52.2 Å². The number of nitrogens with zero attached hydrogens (tertiary/aromatic N) is 6. The van der Waals surface area contributed by atoms with Crippen molar-refractivity contribution in [1.29, 1.82) is 0 Å². The van der Waals surface area contributed by atoms with Gasteiger partial charge in [0.1, 0.15) is 64.5 Å². The van der Waals surface area contributed by atoms with Crippen molar-refractivity contribution in [2.75, 3.05) is 19.6 Å². The van der Waals surface area contributed by atoms with Crippen molar-refractivity contribution in [3.8, 4) is 17.2 Å². The number of amides is 3. The number of hydrogen-bond donors (Lipinski definition) is 9. The van der Waals surface area contributed by atoms with Crippen LogP contribution in [-0.2, 0) is 40.2 Å². The minimum atomic E-state index is -4.52. The molecule has 24 nitrogen and oxygen atoms in total. The van der Waals surface area contributed by atoms with Gasteiger partial charge in [-0.15, -0.1) is 0 Å². The molecule has 446 valence electrons. The molecule has 0 fully saturated rings. The fourth-order valence-corrected chi connectivity index (χ4v) is 9.00. The second-order valence-electron chi connectivity index (χ2n) is 18.6. The van der Waals surface area contributed by atoms with Crippen molar-refractivity contribution < 1.29 is 81.4 Å². The molecule has 9 rings (SSSR count). The average molecular weight is 1210 g/mol. The first-order chi connectivity index (χ1) is 40.2. The quantitative estimate of drug-likeness (QED) is 0.0371. The lowest BCUT2D eigenvalue weighted by Gasteiger charge is -2.15. The van der Waals surface area contributed by atoms with E-state index in [0.29, 0.717) is 34.1 Å². The molecule has 3 amide bonds. The van der Waals surface area contributed by atoms with Crippen LogP contribution in [0, 0.1) is 11.6 Å². The smallest absolute Gasteiger partial charge is 0.416 e. The molecule has 0 unspecified atom stereocenters. The summed E-state index contributed by atoms with van der Waals surface area (Å²) in [4.78, 5) is 108. The lowest BCUT2D eigenvalue weighted by atomic mass is 10.1. The van der Waals surface area contributed by atoms with Crippen LogP contribution < -0.4 is 32.6 Å². The molecule has 30 heteroatoms. The first-order valence-corrected chi connectivity index (χ1v) is 25.6. The number of hydrogen-bond acceptors (Lipinski definition) is 12. The molecule has 9 N–H and O–H groups in total. The van der Waals surface area contributed by atoms with E-state index in [0.717, 1.165) is 51.7 Å². The van der Waals surface area contributed by atoms with Gasteiger partial charge in [0.2, 0.25) is 0 Å². The predicted molar refractivity (Wildman–Crippen MR) is 293 cm³/mol. The zero-order valence-electron chi connectivity index (χ0n) is 44.2. The number of aliphatic carboxylic acids is 3. The zero-order valence-corrected chi connectivity index (χ0v) is 45.0. The van der Waals surface area contributed by atoms with E-state index >= 15 is 0 Å². The largest absolute Gasteiger partial charge is 0.505 e. The predicted octanol–water partition coefficient (Wildman–Crippen LogP) is 5.64. The van der Waals surface area contributed by atoms with Gasteiger partial charge in [0.05, 0.1) is 29.2 Å². The SMILES string of the molecule is CCCCCCn1c(=O)c(C(=O)NCC(=O)O)c(O)c2cccn21.O=C(O)CNC(=O)c1c(O)c2cc(Cl)cn2n(Cc2ccc(C(F)(F)F)cc2)c1=O.O=C(O)CNC(=O)c1c(O)c2cc3cc(F)ccc3n2n(Cc2ccc(F)cc2)c1=O. The summed E-state index contributed by atoms with van der Waals surface area (Å²) in [6.45, 7) is -0.0292. The maximum Gasteiger partial charge on any atom is 0.416 e. The van der Waals surface area contributed by atoms with Crippen LogP contribution in [0.25, 0.3) is 27.5 Å². The van der Waals surface area contributed by atoms with Crippen LogP contribution in [0.1, 0.15) is 80.4 Å². The molecule has 9 aromatic rings. The Hall–Kier alpha value is -10.5. The maximum absolute atomic E-state index is 13.7. The van der Waals surface area contributed by atoms with Gasteiger partial charge in [-0.05, 0) is 84.3 Å². The minimum Gasteiger partial charge on any atom is -0.505 e. The summed E-state index contributed by atoms with van der Waals surface area (Å²) in [5.41, 5.74) is -3.64. The Morgan fingerprint density at radius 3 is 1.55 bits per heavy atom. The van der Waals surface area contributed by atoms with Crippen LogP contribution >= 0.6 is 11.6 Å². The number of aromatic hydroxyl groups is 3. The second kappa shape index (κ2) is 26.2. The summed E-state index contributed by atoms with van der Waals surface area (Å²) in [5.74, 6) is -9.84. The van der Waals surface area contributed by atoms with Crippen molar-refractivity contribution in [3.05, 3.63) is 184 Å². The molecule has 0 saturated heterocycles. The third kappa shape index (κ3) is 14.1. The Balaban J connectivity index is 0.000000184. The summed E-state index contributed by atoms with van der Waals surface area (Å²) < 4.78 is 72.8. The van der Waals surface area contributed by atoms with Gasteiger partial charge in [0.15, 0.2) is 17.2 Å². The molecule has 6 aromatic heterocycles. The summed E-state index contributed by atoms with van der Waals surface area (Å²) in [6.07, 6.45) is 2.22. The standard InChI is InChI=1S/C21H15F2N3O5.C18H13ClF3N3O5.C16H21N3O5/c22-13-3-1-11(2-4-13)10-25-21(31)18(20(30)24-9-17(27)28)19(29)16-8-12-7-14(23)5-6-15(12)26(16)25;19-11-5-12-15(28)14(16(29)23-6-13(26)27)17(30)25(24(12)8-11)7-9-1-3-10(4-2-9)18(20,21)22;1-2-3-4-5-8-19-16(24)13(15(23)17-10-12(20)21)14(22)11-7-6-9-18(11)19/h1-8,29H,9-10H2,(H,24,30)(H,27,28);1-5,8,28H,6-7H2,(H,23,29)(H,26,27);6-7,9,22H,2-5,8,10H2,1H3,(H,17,23)(H,20,21). The molecule has 85 heavy (non-hydrogen) atoms. The van der Waals surface area contributed by atoms with E-state index in [4.69, 9.17) is 26.9 Å². The Morgan fingerprint density at radius 1 is 0.541 bits per heavy atom. The number of carbonyl (C=O) groups excluding carboxylic acids is 3. The van der Waals surface area contributed by atoms with Crippen LogP contribution in [0.3, 0.4) is 0 Å². The summed E-state index contributed by atoms with van der Waals surface area (Å²) in [5, 5.41) is 64.1. The molecule has 0 aliphatic rings. The summed E-state index contributed by atoms with van der Waals surface area (Å²) >= 11 is 5.94.